The molecule has 0 aliphatic heterocycles. The Morgan fingerprint density at radius 2 is 2.25 bits per heavy atom. The molecular formula is C11H16N8S. The first-order valence-electron chi connectivity index (χ1n) is 6.40. The molecule has 2 unspecified atom stereocenters. The van der Waals surface area contributed by atoms with Crippen molar-refractivity contribution in [3.63, 3.8) is 0 Å². The molecule has 2 aromatic heterocycles. The Bertz CT molecular complexity index is 572. The number of hydrogen-bond acceptors (Lipinski definition) is 8. The fourth-order valence-electron chi connectivity index (χ4n) is 2.33. The van der Waals surface area contributed by atoms with E-state index in [4.69, 9.17) is 5.73 Å². The number of aromatic nitrogens is 6. The van der Waals surface area contributed by atoms with Crippen LogP contribution in [0.3, 0.4) is 0 Å². The second-order valence-electron chi connectivity index (χ2n) is 4.67. The van der Waals surface area contributed by atoms with Crippen LogP contribution in [0.15, 0.2) is 12.7 Å². The predicted molar refractivity (Wildman–Crippen MR) is 77.7 cm³/mol. The second-order valence-corrected chi connectivity index (χ2v) is 5.81. The molecule has 0 amide bonds. The Balaban J connectivity index is 1.77. The molecule has 2 heterocycles. The zero-order chi connectivity index (χ0) is 13.9. The molecule has 106 valence electrons. The van der Waals surface area contributed by atoms with E-state index in [1.807, 2.05) is 11.8 Å². The summed E-state index contributed by atoms with van der Waals surface area (Å²) >= 11 is 1.91. The van der Waals surface area contributed by atoms with Crippen LogP contribution in [-0.2, 0) is 0 Å². The van der Waals surface area contributed by atoms with Crippen LogP contribution in [0.4, 0.5) is 11.9 Å². The summed E-state index contributed by atoms with van der Waals surface area (Å²) in [4.78, 5) is 16.4. The minimum absolute atomic E-state index is 0.174. The van der Waals surface area contributed by atoms with Crippen LogP contribution in [0.2, 0.25) is 0 Å². The Hall–Kier alpha value is -1.90. The highest BCUT2D eigenvalue weighted by atomic mass is 32.2. The maximum atomic E-state index is 5.73. The molecule has 3 N–H and O–H groups in total. The maximum absolute atomic E-state index is 5.73. The number of anilines is 2. The van der Waals surface area contributed by atoms with Crippen LogP contribution >= 0.6 is 11.8 Å². The molecule has 3 rings (SSSR count). The minimum Gasteiger partial charge on any atom is -0.368 e. The summed E-state index contributed by atoms with van der Waals surface area (Å²) in [5, 5.41) is 8.03. The van der Waals surface area contributed by atoms with Crippen molar-refractivity contribution in [1.29, 1.82) is 0 Å². The second kappa shape index (κ2) is 5.61. The smallest absolute Gasteiger partial charge is 0.258 e. The largest absolute Gasteiger partial charge is 0.368 e. The van der Waals surface area contributed by atoms with Gasteiger partial charge in [0.25, 0.3) is 5.95 Å². The lowest BCUT2D eigenvalue weighted by molar-refractivity contribution is 0.735. The van der Waals surface area contributed by atoms with Gasteiger partial charge in [0, 0.05) is 11.3 Å². The van der Waals surface area contributed by atoms with Crippen LogP contribution in [0, 0.1) is 0 Å². The lowest BCUT2D eigenvalue weighted by Gasteiger charge is -2.13. The molecule has 20 heavy (non-hydrogen) atoms. The number of nitrogens with one attached hydrogen (secondary N) is 1. The topological polar surface area (TPSA) is 107 Å². The summed E-state index contributed by atoms with van der Waals surface area (Å²) < 4.78 is 1.46. The number of thioether (sulfide) groups is 1. The van der Waals surface area contributed by atoms with Gasteiger partial charge in [-0.05, 0) is 25.5 Å². The van der Waals surface area contributed by atoms with Crippen LogP contribution in [0.25, 0.3) is 5.95 Å². The quantitative estimate of drug-likeness (QED) is 0.849. The van der Waals surface area contributed by atoms with E-state index in [1.54, 1.807) is 0 Å². The monoisotopic (exact) mass is 292 g/mol. The van der Waals surface area contributed by atoms with Crippen molar-refractivity contribution in [2.45, 2.75) is 30.6 Å². The first kappa shape index (κ1) is 13.1. The molecule has 0 radical (unpaired) electrons. The molecule has 2 atom stereocenters. The zero-order valence-corrected chi connectivity index (χ0v) is 11.9. The average molecular weight is 292 g/mol. The van der Waals surface area contributed by atoms with Gasteiger partial charge in [-0.2, -0.15) is 36.5 Å². The molecule has 1 aliphatic carbocycles. The van der Waals surface area contributed by atoms with Gasteiger partial charge < -0.3 is 11.1 Å². The van der Waals surface area contributed by atoms with Crippen LogP contribution in [-0.4, -0.2) is 47.3 Å². The molecule has 0 saturated heterocycles. The molecule has 0 bridgehead atoms. The Kier molecular flexibility index (Phi) is 3.68. The fraction of sp³-hybridized carbons (Fsp3) is 0.545. The number of nitrogens with two attached hydrogens (primary N) is 1. The van der Waals surface area contributed by atoms with Crippen LogP contribution in [0.5, 0.6) is 0 Å². The number of hydrogen-bond donors (Lipinski definition) is 2. The molecule has 2 aromatic rings. The van der Waals surface area contributed by atoms with E-state index in [-0.39, 0.29) is 5.95 Å². The number of rotatable bonds is 4. The molecule has 9 heteroatoms. The average Bonchev–Trinajstić information content (AvgIpc) is 3.09. The molecule has 0 aromatic carbocycles. The van der Waals surface area contributed by atoms with Gasteiger partial charge >= 0.3 is 0 Å². The van der Waals surface area contributed by atoms with E-state index < -0.39 is 0 Å². The summed E-state index contributed by atoms with van der Waals surface area (Å²) in [7, 11) is 0. The highest BCUT2D eigenvalue weighted by Crippen LogP contribution is 2.29. The first-order chi connectivity index (χ1) is 9.74. The third-order valence-electron chi connectivity index (χ3n) is 3.32. The standard InChI is InChI=1S/C11H16N8S/c1-20-8-3-2-7(4-8)15-10-16-9(12)17-11(18-10)19-6-13-5-14-19/h5-8H,2-4H2,1H3,(H3,12,15,16,17,18). The van der Waals surface area contributed by atoms with Gasteiger partial charge in [-0.3, -0.25) is 0 Å². The summed E-state index contributed by atoms with van der Waals surface area (Å²) in [5.74, 6) is 1.04. The van der Waals surface area contributed by atoms with Gasteiger partial charge in [-0.15, -0.1) is 0 Å². The summed E-state index contributed by atoms with van der Waals surface area (Å²) in [6, 6.07) is 0.387. The van der Waals surface area contributed by atoms with E-state index in [1.165, 1.54) is 23.8 Å². The maximum Gasteiger partial charge on any atom is 0.258 e. The van der Waals surface area contributed by atoms with E-state index in [0.29, 0.717) is 23.2 Å². The Morgan fingerprint density at radius 1 is 1.35 bits per heavy atom. The Morgan fingerprint density at radius 3 is 2.95 bits per heavy atom. The van der Waals surface area contributed by atoms with Crippen molar-refractivity contribution in [3.05, 3.63) is 12.7 Å². The van der Waals surface area contributed by atoms with Crippen molar-refractivity contribution < 1.29 is 0 Å². The molecule has 1 aliphatic rings. The lowest BCUT2D eigenvalue weighted by atomic mass is 10.2. The molecule has 0 spiro atoms. The van der Waals surface area contributed by atoms with E-state index in [2.05, 4.69) is 36.6 Å². The van der Waals surface area contributed by atoms with Gasteiger partial charge in [-0.1, -0.05) is 0 Å². The summed E-state index contributed by atoms with van der Waals surface area (Å²) in [5.41, 5.74) is 5.73. The third-order valence-corrected chi connectivity index (χ3v) is 4.41. The number of nitrogens with zero attached hydrogens (tertiary/aromatic N) is 6. The van der Waals surface area contributed by atoms with Crippen LogP contribution < -0.4 is 11.1 Å². The SMILES string of the molecule is CSC1CCC(Nc2nc(N)nc(-n3cncn3)n2)C1. The van der Waals surface area contributed by atoms with E-state index in [0.717, 1.165) is 12.8 Å². The highest BCUT2D eigenvalue weighted by Gasteiger charge is 2.24. The van der Waals surface area contributed by atoms with Gasteiger partial charge in [0.1, 0.15) is 12.7 Å². The van der Waals surface area contributed by atoms with Crippen molar-refractivity contribution in [1.82, 2.24) is 29.7 Å². The normalized spacial score (nSPS) is 22.1. The van der Waals surface area contributed by atoms with E-state index >= 15 is 0 Å². The van der Waals surface area contributed by atoms with E-state index in [9.17, 15) is 0 Å². The fourth-order valence-corrected chi connectivity index (χ4v) is 3.12. The molecular weight excluding hydrogens is 276 g/mol. The lowest BCUT2D eigenvalue weighted by Crippen LogP contribution is -2.19. The van der Waals surface area contributed by atoms with Gasteiger partial charge in [0.05, 0.1) is 0 Å². The minimum atomic E-state index is 0.174. The van der Waals surface area contributed by atoms with Crippen molar-refractivity contribution >= 4 is 23.7 Å². The third kappa shape index (κ3) is 2.82. The van der Waals surface area contributed by atoms with Crippen molar-refractivity contribution in [2.24, 2.45) is 0 Å². The highest BCUT2D eigenvalue weighted by molar-refractivity contribution is 7.99. The van der Waals surface area contributed by atoms with Crippen molar-refractivity contribution in [2.75, 3.05) is 17.3 Å². The molecule has 1 saturated carbocycles. The Labute approximate surface area is 120 Å². The van der Waals surface area contributed by atoms with Gasteiger partial charge in [0.15, 0.2) is 0 Å². The van der Waals surface area contributed by atoms with Gasteiger partial charge in [0.2, 0.25) is 11.9 Å². The van der Waals surface area contributed by atoms with Gasteiger partial charge in [-0.25, -0.2) is 4.98 Å². The van der Waals surface area contributed by atoms with Crippen LogP contribution in [0.1, 0.15) is 19.3 Å². The zero-order valence-electron chi connectivity index (χ0n) is 11.1. The molecule has 1 fully saturated rings. The summed E-state index contributed by atoms with van der Waals surface area (Å²) in [6.07, 6.45) is 8.55. The van der Waals surface area contributed by atoms with Crippen molar-refractivity contribution in [3.8, 4) is 5.95 Å². The summed E-state index contributed by atoms with van der Waals surface area (Å²) in [6.45, 7) is 0. The first-order valence-corrected chi connectivity index (χ1v) is 7.69. The number of nitrogen functional groups attached to an aromatic ring is 1. The molecule has 8 nitrogen and oxygen atoms in total. The predicted octanol–water partition coefficient (Wildman–Crippen LogP) is 0.730.